The molecule has 1 rings (SSSR count). The van der Waals surface area contributed by atoms with E-state index in [4.69, 9.17) is 4.89 Å². The normalized spacial score (nSPS) is 12.7. The van der Waals surface area contributed by atoms with Crippen molar-refractivity contribution in [2.45, 2.75) is 39.0 Å². The van der Waals surface area contributed by atoms with E-state index in [1.807, 2.05) is 18.2 Å². The van der Waals surface area contributed by atoms with Crippen LogP contribution in [0.4, 0.5) is 0 Å². The second kappa shape index (κ2) is 6.81. The minimum absolute atomic E-state index is 0.638. The third-order valence-corrected chi connectivity index (χ3v) is 3.50. The van der Waals surface area contributed by atoms with E-state index in [9.17, 15) is 4.57 Å². The molecule has 0 aromatic heterocycles. The Morgan fingerprint density at radius 2 is 1.93 bits per heavy atom. The largest absolute Gasteiger partial charge is 0.343 e. The fraction of sp³-hybridized carbons (Fsp3) is 0.500. The lowest BCUT2D eigenvalue weighted by atomic mass is 10.1. The van der Waals surface area contributed by atoms with E-state index < -0.39 is 8.03 Å². The minimum Gasteiger partial charge on any atom is -0.343 e. The number of hydrogen-bond acceptors (Lipinski definition) is 1. The highest BCUT2D eigenvalue weighted by Gasteiger charge is 2.05. The van der Waals surface area contributed by atoms with Crippen molar-refractivity contribution in [3.8, 4) is 0 Å². The first-order valence-electron chi connectivity index (χ1n) is 5.57. The van der Waals surface area contributed by atoms with Gasteiger partial charge in [0.05, 0.1) is 0 Å². The van der Waals surface area contributed by atoms with Crippen LogP contribution < -0.4 is 5.30 Å². The number of unbranched alkanes of at least 4 members (excludes halogenated alkanes) is 3. The highest BCUT2D eigenvalue weighted by Crippen LogP contribution is 2.17. The molecule has 1 aromatic rings. The first-order valence-corrected chi connectivity index (χ1v) is 6.92. The van der Waals surface area contributed by atoms with Gasteiger partial charge < -0.3 is 4.89 Å². The van der Waals surface area contributed by atoms with Gasteiger partial charge in [0.1, 0.15) is 0 Å². The average Bonchev–Trinajstić information content (AvgIpc) is 2.25. The molecule has 1 unspecified atom stereocenters. The number of aryl methyl sites for hydroxylation is 1. The monoisotopic (exact) mass is 226 g/mol. The van der Waals surface area contributed by atoms with Crippen molar-refractivity contribution >= 4 is 13.3 Å². The Kier molecular flexibility index (Phi) is 5.67. The molecular formula is C12H19O2P. The molecule has 0 radical (unpaired) electrons. The van der Waals surface area contributed by atoms with Crippen molar-refractivity contribution in [3.63, 3.8) is 0 Å². The highest BCUT2D eigenvalue weighted by molar-refractivity contribution is 7.47. The van der Waals surface area contributed by atoms with Crippen LogP contribution in [-0.4, -0.2) is 4.89 Å². The molecule has 0 saturated carbocycles. The Labute approximate surface area is 92.2 Å². The van der Waals surface area contributed by atoms with Crippen LogP contribution in [0.1, 0.15) is 38.2 Å². The molecule has 0 aliphatic rings. The van der Waals surface area contributed by atoms with Gasteiger partial charge in [0, 0.05) is 5.30 Å². The third kappa shape index (κ3) is 4.19. The van der Waals surface area contributed by atoms with Crippen molar-refractivity contribution in [1.29, 1.82) is 0 Å². The van der Waals surface area contributed by atoms with Gasteiger partial charge in [0.25, 0.3) is 0 Å². The second-order valence-corrected chi connectivity index (χ2v) is 4.92. The van der Waals surface area contributed by atoms with E-state index >= 15 is 0 Å². The van der Waals surface area contributed by atoms with E-state index in [0.717, 1.165) is 18.4 Å². The summed E-state index contributed by atoms with van der Waals surface area (Å²) in [6, 6.07) is 7.48. The second-order valence-electron chi connectivity index (χ2n) is 3.77. The summed E-state index contributed by atoms with van der Waals surface area (Å²) in [4.78, 5) is 9.15. The molecule has 84 valence electrons. The molecule has 1 atom stereocenters. The van der Waals surface area contributed by atoms with Gasteiger partial charge in [-0.3, -0.25) is 4.57 Å². The number of hydrogen-bond donors (Lipinski definition) is 1. The summed E-state index contributed by atoms with van der Waals surface area (Å²) in [6.07, 6.45) is 5.71. The van der Waals surface area contributed by atoms with Crippen molar-refractivity contribution in [2.75, 3.05) is 0 Å². The molecule has 0 saturated heterocycles. The fourth-order valence-electron chi connectivity index (χ4n) is 1.69. The van der Waals surface area contributed by atoms with Gasteiger partial charge in [-0.25, -0.2) is 0 Å². The average molecular weight is 226 g/mol. The van der Waals surface area contributed by atoms with Gasteiger partial charge in [-0.2, -0.15) is 0 Å². The van der Waals surface area contributed by atoms with Gasteiger partial charge in [-0.15, -0.1) is 0 Å². The summed E-state index contributed by atoms with van der Waals surface area (Å²) >= 11 is 0. The van der Waals surface area contributed by atoms with Crippen LogP contribution in [0.2, 0.25) is 0 Å². The maximum Gasteiger partial charge on any atom is 0.218 e. The van der Waals surface area contributed by atoms with E-state index in [0.29, 0.717) is 5.30 Å². The van der Waals surface area contributed by atoms with E-state index in [2.05, 4.69) is 6.92 Å². The molecule has 0 amide bonds. The Hall–Kier alpha value is -0.590. The summed E-state index contributed by atoms with van der Waals surface area (Å²) in [5, 5.41) is 0.638. The minimum atomic E-state index is -2.53. The van der Waals surface area contributed by atoms with Gasteiger partial charge in [-0.1, -0.05) is 44.4 Å². The number of benzene rings is 1. The predicted molar refractivity (Wildman–Crippen MR) is 65.1 cm³/mol. The maximum atomic E-state index is 11.1. The molecule has 1 aromatic carbocycles. The summed E-state index contributed by atoms with van der Waals surface area (Å²) < 4.78 is 11.1. The summed E-state index contributed by atoms with van der Waals surface area (Å²) in [5.74, 6) is 0. The fourth-order valence-corrected chi connectivity index (χ4v) is 2.41. The molecule has 0 aliphatic carbocycles. The Morgan fingerprint density at radius 3 is 2.60 bits per heavy atom. The molecule has 0 bridgehead atoms. The molecule has 0 heterocycles. The van der Waals surface area contributed by atoms with Crippen LogP contribution in [0.5, 0.6) is 0 Å². The molecule has 0 fully saturated rings. The molecular weight excluding hydrogens is 207 g/mol. The number of rotatable bonds is 6. The van der Waals surface area contributed by atoms with Crippen molar-refractivity contribution < 1.29 is 9.46 Å². The zero-order valence-electron chi connectivity index (χ0n) is 9.20. The molecule has 15 heavy (non-hydrogen) atoms. The van der Waals surface area contributed by atoms with Crippen molar-refractivity contribution in [2.24, 2.45) is 0 Å². The lowest BCUT2D eigenvalue weighted by molar-refractivity contribution is 0.513. The van der Waals surface area contributed by atoms with E-state index in [1.165, 1.54) is 19.3 Å². The van der Waals surface area contributed by atoms with Crippen LogP contribution in [0.15, 0.2) is 24.3 Å². The molecule has 2 nitrogen and oxygen atoms in total. The third-order valence-electron chi connectivity index (χ3n) is 2.55. The summed E-state index contributed by atoms with van der Waals surface area (Å²) in [7, 11) is -2.53. The zero-order valence-corrected chi connectivity index (χ0v) is 10.2. The molecule has 3 heteroatoms. The van der Waals surface area contributed by atoms with E-state index in [1.54, 1.807) is 6.07 Å². The Bertz CT molecular complexity index is 323. The smallest absolute Gasteiger partial charge is 0.218 e. The van der Waals surface area contributed by atoms with Crippen LogP contribution in [-0.2, 0) is 11.0 Å². The van der Waals surface area contributed by atoms with Crippen LogP contribution in [0.3, 0.4) is 0 Å². The van der Waals surface area contributed by atoms with Crippen molar-refractivity contribution in [1.82, 2.24) is 0 Å². The summed E-state index contributed by atoms with van der Waals surface area (Å²) in [6.45, 7) is 2.18. The first kappa shape index (κ1) is 12.5. The van der Waals surface area contributed by atoms with Gasteiger partial charge in [0.2, 0.25) is 8.03 Å². The standard InChI is InChI=1S/C12H19O2P/c1-2-3-4-5-8-11-9-6-7-10-12(11)15(13)14/h6-7,9-10,15H,2-5,8H2,1H3,(H,13,14). The van der Waals surface area contributed by atoms with Crippen molar-refractivity contribution in [3.05, 3.63) is 29.8 Å². The molecule has 0 spiro atoms. The quantitative estimate of drug-likeness (QED) is 0.598. The SMILES string of the molecule is CCCCCCc1ccccc1[PH](=O)O. The van der Waals surface area contributed by atoms with E-state index in [-0.39, 0.29) is 0 Å². The topological polar surface area (TPSA) is 37.3 Å². The molecule has 1 N–H and O–H groups in total. The maximum absolute atomic E-state index is 11.1. The Balaban J connectivity index is 2.56. The summed E-state index contributed by atoms with van der Waals surface area (Å²) in [5.41, 5.74) is 1.04. The lowest BCUT2D eigenvalue weighted by Crippen LogP contribution is -2.04. The molecule has 0 aliphatic heterocycles. The first-order chi connectivity index (χ1) is 7.25. The van der Waals surface area contributed by atoms with Gasteiger partial charge >= 0.3 is 0 Å². The lowest BCUT2D eigenvalue weighted by Gasteiger charge is -2.05. The Morgan fingerprint density at radius 1 is 1.20 bits per heavy atom. The predicted octanol–water partition coefficient (Wildman–Crippen LogP) is 2.90. The van der Waals surface area contributed by atoms with Crippen LogP contribution in [0.25, 0.3) is 0 Å². The highest BCUT2D eigenvalue weighted by atomic mass is 31.1. The van der Waals surface area contributed by atoms with Gasteiger partial charge in [0.15, 0.2) is 0 Å². The zero-order chi connectivity index (χ0) is 11.1. The van der Waals surface area contributed by atoms with Gasteiger partial charge in [-0.05, 0) is 24.5 Å². The van der Waals surface area contributed by atoms with Crippen LogP contribution >= 0.6 is 8.03 Å². The van der Waals surface area contributed by atoms with Crippen LogP contribution in [0, 0.1) is 0 Å².